The van der Waals surface area contributed by atoms with Crippen LogP contribution in [0, 0.1) is 0 Å². The molecular formula is C21H31N5S. The van der Waals surface area contributed by atoms with Gasteiger partial charge in [0.1, 0.15) is 0 Å². The number of rotatable bonds is 8. The lowest BCUT2D eigenvalue weighted by Crippen LogP contribution is -2.45. The van der Waals surface area contributed by atoms with Gasteiger partial charge in [0.25, 0.3) is 0 Å². The van der Waals surface area contributed by atoms with Crippen molar-refractivity contribution in [1.82, 2.24) is 15.1 Å². The smallest absolute Gasteiger partial charge is 0.188 e. The average molecular weight is 386 g/mol. The molecular weight excluding hydrogens is 354 g/mol. The first kappa shape index (κ1) is 19.9. The zero-order valence-corrected chi connectivity index (χ0v) is 17.0. The average Bonchev–Trinajstić information content (AvgIpc) is 3.21. The summed E-state index contributed by atoms with van der Waals surface area (Å²) in [5.41, 5.74) is 8.67. The van der Waals surface area contributed by atoms with E-state index in [1.54, 1.807) is 11.3 Å². The molecule has 0 unspecified atom stereocenters. The van der Waals surface area contributed by atoms with Crippen molar-refractivity contribution in [3.8, 4) is 0 Å². The fraction of sp³-hybridized carbons (Fsp3) is 0.476. The normalized spacial score (nSPS) is 16.6. The third-order valence-electron chi connectivity index (χ3n) is 5.10. The number of nitrogens with one attached hydrogen (secondary N) is 1. The van der Waals surface area contributed by atoms with E-state index in [0.717, 1.165) is 52.2 Å². The van der Waals surface area contributed by atoms with Gasteiger partial charge in [-0.3, -0.25) is 4.90 Å². The van der Waals surface area contributed by atoms with E-state index in [1.165, 1.54) is 16.0 Å². The number of guanidine groups is 1. The summed E-state index contributed by atoms with van der Waals surface area (Å²) in [7, 11) is 0. The summed E-state index contributed by atoms with van der Waals surface area (Å²) in [4.78, 5) is 11.0. The molecule has 1 saturated heterocycles. The zero-order chi connectivity index (χ0) is 18.9. The maximum absolute atomic E-state index is 6.05. The second-order valence-electron chi connectivity index (χ2n) is 6.94. The number of hydrogen-bond donors (Lipinski definition) is 2. The lowest BCUT2D eigenvalue weighted by Gasteiger charge is -2.34. The van der Waals surface area contributed by atoms with Gasteiger partial charge < -0.3 is 16.0 Å². The van der Waals surface area contributed by atoms with Crippen LogP contribution in [0.5, 0.6) is 0 Å². The van der Waals surface area contributed by atoms with Gasteiger partial charge in [0.2, 0.25) is 0 Å². The number of benzene rings is 1. The first-order chi connectivity index (χ1) is 13.2. The van der Waals surface area contributed by atoms with Gasteiger partial charge in [-0.15, -0.1) is 11.3 Å². The van der Waals surface area contributed by atoms with Gasteiger partial charge in [-0.2, -0.15) is 0 Å². The third-order valence-corrected chi connectivity index (χ3v) is 6.04. The standard InChI is InChI=1S/C21H31N5S/c1-2-25-11-13-26(14-12-25)17-19-7-4-3-6-18(19)16-24-21(22)23-10-9-20-8-5-15-27-20/h3-8,15H,2,9-14,16-17H2,1H3,(H3,22,23,24). The largest absolute Gasteiger partial charge is 0.370 e. The van der Waals surface area contributed by atoms with E-state index < -0.39 is 0 Å². The van der Waals surface area contributed by atoms with Crippen molar-refractivity contribution in [2.45, 2.75) is 26.4 Å². The van der Waals surface area contributed by atoms with Gasteiger partial charge in [-0.05, 0) is 35.5 Å². The van der Waals surface area contributed by atoms with Crippen LogP contribution >= 0.6 is 11.3 Å². The number of nitrogens with two attached hydrogens (primary N) is 1. The van der Waals surface area contributed by atoms with Crippen LogP contribution in [-0.4, -0.2) is 55.0 Å². The molecule has 27 heavy (non-hydrogen) atoms. The first-order valence-corrected chi connectivity index (χ1v) is 10.7. The molecule has 3 rings (SSSR count). The summed E-state index contributed by atoms with van der Waals surface area (Å²) in [5.74, 6) is 0.526. The van der Waals surface area contributed by atoms with Crippen LogP contribution in [0.3, 0.4) is 0 Å². The molecule has 0 bridgehead atoms. The summed E-state index contributed by atoms with van der Waals surface area (Å²) in [5, 5.41) is 5.32. The van der Waals surface area contributed by atoms with Crippen molar-refractivity contribution in [3.05, 3.63) is 57.8 Å². The molecule has 0 radical (unpaired) electrons. The van der Waals surface area contributed by atoms with Gasteiger partial charge in [0, 0.05) is 44.1 Å². The Hall–Kier alpha value is -1.89. The molecule has 1 aromatic heterocycles. The van der Waals surface area contributed by atoms with Crippen LogP contribution in [0.25, 0.3) is 0 Å². The van der Waals surface area contributed by atoms with Gasteiger partial charge >= 0.3 is 0 Å². The van der Waals surface area contributed by atoms with Crippen LogP contribution in [-0.2, 0) is 19.5 Å². The van der Waals surface area contributed by atoms with Gasteiger partial charge in [0.05, 0.1) is 6.54 Å². The fourth-order valence-corrected chi connectivity index (χ4v) is 4.07. The molecule has 1 aliphatic rings. The van der Waals surface area contributed by atoms with Gasteiger partial charge in [0.15, 0.2) is 5.96 Å². The molecule has 0 atom stereocenters. The van der Waals surface area contributed by atoms with Crippen molar-refractivity contribution in [2.75, 3.05) is 39.3 Å². The molecule has 146 valence electrons. The summed E-state index contributed by atoms with van der Waals surface area (Å²) < 4.78 is 0. The quantitative estimate of drug-likeness (QED) is 0.542. The molecule has 2 aromatic rings. The number of nitrogens with zero attached hydrogens (tertiary/aromatic N) is 3. The van der Waals surface area contributed by atoms with E-state index >= 15 is 0 Å². The minimum atomic E-state index is 0.526. The summed E-state index contributed by atoms with van der Waals surface area (Å²) in [6, 6.07) is 12.8. The number of hydrogen-bond acceptors (Lipinski definition) is 4. The Morgan fingerprint density at radius 2 is 1.81 bits per heavy atom. The van der Waals surface area contributed by atoms with Crippen molar-refractivity contribution in [2.24, 2.45) is 10.7 Å². The third kappa shape index (κ3) is 6.34. The number of aliphatic imine (C=N–C) groups is 1. The summed E-state index contributed by atoms with van der Waals surface area (Å²) >= 11 is 1.78. The Bertz CT molecular complexity index is 705. The molecule has 6 heteroatoms. The van der Waals surface area contributed by atoms with Crippen LogP contribution in [0.2, 0.25) is 0 Å². The van der Waals surface area contributed by atoms with E-state index in [4.69, 9.17) is 5.73 Å². The molecule has 0 spiro atoms. The Morgan fingerprint density at radius 3 is 2.52 bits per heavy atom. The number of likely N-dealkylation sites (N-methyl/N-ethyl adjacent to an activating group) is 1. The fourth-order valence-electron chi connectivity index (χ4n) is 3.37. The molecule has 1 aliphatic heterocycles. The molecule has 1 fully saturated rings. The number of thiophene rings is 1. The Labute approximate surface area is 166 Å². The van der Waals surface area contributed by atoms with Crippen molar-refractivity contribution >= 4 is 17.3 Å². The summed E-state index contributed by atoms with van der Waals surface area (Å²) in [6.45, 7) is 10.4. The van der Waals surface area contributed by atoms with Crippen LogP contribution in [0.1, 0.15) is 22.9 Å². The number of piperazine rings is 1. The molecule has 0 aliphatic carbocycles. The predicted molar refractivity (Wildman–Crippen MR) is 115 cm³/mol. The predicted octanol–water partition coefficient (Wildman–Crippen LogP) is 2.53. The van der Waals surface area contributed by atoms with Crippen molar-refractivity contribution in [1.29, 1.82) is 0 Å². The minimum Gasteiger partial charge on any atom is -0.370 e. The Balaban J connectivity index is 1.49. The SMILES string of the molecule is CCN1CCN(Cc2ccccc2CN=C(N)NCCc2cccs2)CC1. The lowest BCUT2D eigenvalue weighted by molar-refractivity contribution is 0.131. The second kappa shape index (κ2) is 10.4. The van der Waals surface area contributed by atoms with Crippen LogP contribution in [0.4, 0.5) is 0 Å². The molecule has 2 heterocycles. The Kier molecular flexibility index (Phi) is 7.68. The second-order valence-corrected chi connectivity index (χ2v) is 7.97. The van der Waals surface area contributed by atoms with Crippen LogP contribution in [0.15, 0.2) is 46.8 Å². The van der Waals surface area contributed by atoms with Crippen molar-refractivity contribution < 1.29 is 0 Å². The lowest BCUT2D eigenvalue weighted by atomic mass is 10.1. The van der Waals surface area contributed by atoms with E-state index in [2.05, 4.69) is 68.8 Å². The van der Waals surface area contributed by atoms with Crippen molar-refractivity contribution in [3.63, 3.8) is 0 Å². The van der Waals surface area contributed by atoms with Gasteiger partial charge in [-0.25, -0.2) is 4.99 Å². The zero-order valence-electron chi connectivity index (χ0n) is 16.2. The maximum atomic E-state index is 6.05. The topological polar surface area (TPSA) is 56.9 Å². The Morgan fingerprint density at radius 1 is 1.07 bits per heavy atom. The van der Waals surface area contributed by atoms with Crippen LogP contribution < -0.4 is 11.1 Å². The van der Waals surface area contributed by atoms with E-state index in [9.17, 15) is 0 Å². The van der Waals surface area contributed by atoms with E-state index in [1.807, 2.05) is 0 Å². The molecule has 0 saturated carbocycles. The minimum absolute atomic E-state index is 0.526. The highest BCUT2D eigenvalue weighted by atomic mass is 32.1. The highest BCUT2D eigenvalue weighted by Crippen LogP contribution is 2.14. The summed E-state index contributed by atoms with van der Waals surface area (Å²) in [6.07, 6.45) is 0.980. The molecule has 0 amide bonds. The molecule has 1 aromatic carbocycles. The highest BCUT2D eigenvalue weighted by Gasteiger charge is 2.16. The van der Waals surface area contributed by atoms with E-state index in [-0.39, 0.29) is 0 Å². The van der Waals surface area contributed by atoms with E-state index in [0.29, 0.717) is 12.5 Å². The maximum Gasteiger partial charge on any atom is 0.188 e. The van der Waals surface area contributed by atoms with Gasteiger partial charge in [-0.1, -0.05) is 37.3 Å². The highest BCUT2D eigenvalue weighted by molar-refractivity contribution is 7.09. The monoisotopic (exact) mass is 385 g/mol. The first-order valence-electron chi connectivity index (χ1n) is 9.82. The molecule has 5 nitrogen and oxygen atoms in total. The molecule has 3 N–H and O–H groups in total.